The van der Waals surface area contributed by atoms with Gasteiger partial charge >= 0.3 is 0 Å². The summed E-state index contributed by atoms with van der Waals surface area (Å²) in [5.74, 6) is 4.09. The summed E-state index contributed by atoms with van der Waals surface area (Å²) < 4.78 is 42.3. The summed E-state index contributed by atoms with van der Waals surface area (Å²) in [5, 5.41) is 3.88. The quantitative estimate of drug-likeness (QED) is 0.292. The molecule has 1 aliphatic carbocycles. The minimum absolute atomic E-state index is 0.206. The average molecular weight is 545 g/mol. The molecule has 5 rings (SSSR count). The number of anilines is 3. The van der Waals surface area contributed by atoms with Gasteiger partial charge in [-0.25, -0.2) is 18.0 Å². The Morgan fingerprint density at radius 3 is 2.47 bits per heavy atom. The fourth-order valence-electron chi connectivity index (χ4n) is 5.04. The SMILES string of the molecule is CCS(=O)Nc1ccc(N=C/C(=N\N)c2cncc(N3CCC(F)(F)CC3)n2)c(N2CCC3(CC2)CC3)c1. The molecule has 0 bridgehead atoms. The number of aliphatic imine (C=N–C) groups is 1. The van der Waals surface area contributed by atoms with Crippen LogP contribution in [0.4, 0.5) is 31.7 Å². The van der Waals surface area contributed by atoms with E-state index in [4.69, 9.17) is 10.8 Å². The first-order valence-corrected chi connectivity index (χ1v) is 14.4. The number of hydrogen-bond donors (Lipinski definition) is 2. The monoisotopic (exact) mass is 544 g/mol. The molecule has 3 heterocycles. The van der Waals surface area contributed by atoms with Gasteiger partial charge in [0.2, 0.25) is 0 Å². The number of halogens is 2. The second kappa shape index (κ2) is 10.9. The molecule has 3 N–H and O–H groups in total. The van der Waals surface area contributed by atoms with E-state index in [2.05, 4.69) is 24.7 Å². The van der Waals surface area contributed by atoms with Gasteiger partial charge < -0.3 is 20.4 Å². The molecule has 1 atom stereocenters. The van der Waals surface area contributed by atoms with Crippen molar-refractivity contribution in [3.63, 3.8) is 0 Å². The van der Waals surface area contributed by atoms with Crippen LogP contribution in [-0.2, 0) is 11.0 Å². The Kier molecular flexibility index (Phi) is 7.60. The lowest BCUT2D eigenvalue weighted by atomic mass is 9.93. The summed E-state index contributed by atoms with van der Waals surface area (Å²) in [6, 6.07) is 5.76. The molecular weight excluding hydrogens is 510 g/mol. The number of hydrogen-bond acceptors (Lipinski definition) is 8. The standard InChI is InChI=1S/C26H34F2N8OS/c1-2-38(37)34-19-3-4-20(23(15-19)35-11-7-25(5-6-25)8-12-35)31-17-22(33-29)21-16-30-18-24(32-21)36-13-9-26(27,28)10-14-36/h3-4,15-18,34H,2,5-14,29H2,1H3/b31-17?,33-22+. The van der Waals surface area contributed by atoms with Crippen molar-refractivity contribution in [2.45, 2.75) is 51.4 Å². The molecule has 1 aromatic heterocycles. The highest BCUT2D eigenvalue weighted by Gasteiger charge is 2.44. The van der Waals surface area contributed by atoms with Gasteiger partial charge in [0.1, 0.15) is 28.2 Å². The van der Waals surface area contributed by atoms with Gasteiger partial charge in [-0.1, -0.05) is 6.92 Å². The van der Waals surface area contributed by atoms with Crippen LogP contribution in [0, 0.1) is 5.41 Å². The molecule has 2 aliphatic heterocycles. The number of aromatic nitrogens is 2. The van der Waals surface area contributed by atoms with Gasteiger partial charge in [-0.2, -0.15) is 5.10 Å². The molecule has 2 saturated heterocycles. The first-order chi connectivity index (χ1) is 18.3. The lowest BCUT2D eigenvalue weighted by Crippen LogP contribution is -2.40. The van der Waals surface area contributed by atoms with Crippen molar-refractivity contribution in [2.24, 2.45) is 21.4 Å². The smallest absolute Gasteiger partial charge is 0.251 e. The molecule has 38 heavy (non-hydrogen) atoms. The fraction of sp³-hybridized carbons (Fsp3) is 0.538. The average Bonchev–Trinajstić information content (AvgIpc) is 3.68. The molecule has 0 radical (unpaired) electrons. The van der Waals surface area contributed by atoms with Crippen LogP contribution in [0.25, 0.3) is 0 Å². The van der Waals surface area contributed by atoms with Crippen LogP contribution in [0.15, 0.2) is 40.7 Å². The van der Waals surface area contributed by atoms with E-state index in [0.717, 1.165) is 43.0 Å². The Labute approximate surface area is 224 Å². The fourth-order valence-corrected chi connectivity index (χ4v) is 5.58. The maximum absolute atomic E-state index is 13.6. The molecule has 3 aliphatic rings. The zero-order valence-corrected chi connectivity index (χ0v) is 22.4. The summed E-state index contributed by atoms with van der Waals surface area (Å²) in [5.41, 5.74) is 3.76. The van der Waals surface area contributed by atoms with Crippen molar-refractivity contribution >= 4 is 45.8 Å². The number of piperidine rings is 2. The molecule has 3 fully saturated rings. The molecule has 204 valence electrons. The Balaban J connectivity index is 1.37. The molecule has 1 saturated carbocycles. The molecule has 12 heteroatoms. The zero-order chi connectivity index (χ0) is 26.8. The normalized spacial score (nSPS) is 21.6. The van der Waals surface area contributed by atoms with Gasteiger partial charge in [0.15, 0.2) is 0 Å². The Hall–Kier alpha value is -3.15. The molecule has 2 aromatic rings. The first-order valence-electron chi connectivity index (χ1n) is 13.1. The van der Waals surface area contributed by atoms with E-state index in [1.807, 2.05) is 25.1 Å². The van der Waals surface area contributed by atoms with Crippen molar-refractivity contribution < 1.29 is 13.0 Å². The van der Waals surface area contributed by atoms with Crippen LogP contribution in [0.3, 0.4) is 0 Å². The van der Waals surface area contributed by atoms with Gasteiger partial charge in [-0.3, -0.25) is 9.98 Å². The highest BCUT2D eigenvalue weighted by Crippen LogP contribution is 2.54. The van der Waals surface area contributed by atoms with Crippen LogP contribution in [-0.4, -0.2) is 64.0 Å². The van der Waals surface area contributed by atoms with Gasteiger partial charge in [0.25, 0.3) is 5.92 Å². The Morgan fingerprint density at radius 1 is 1.11 bits per heavy atom. The largest absolute Gasteiger partial charge is 0.370 e. The zero-order valence-electron chi connectivity index (χ0n) is 21.6. The molecule has 1 spiro atoms. The van der Waals surface area contributed by atoms with E-state index in [-0.39, 0.29) is 25.9 Å². The maximum Gasteiger partial charge on any atom is 0.251 e. The topological polar surface area (TPSA) is 112 Å². The van der Waals surface area contributed by atoms with Crippen LogP contribution >= 0.6 is 0 Å². The Bertz CT molecular complexity index is 1230. The minimum atomic E-state index is -2.64. The van der Waals surface area contributed by atoms with E-state index in [1.165, 1.54) is 19.0 Å². The molecule has 0 amide bonds. The highest BCUT2D eigenvalue weighted by molar-refractivity contribution is 7.86. The number of hydrazone groups is 1. The second-order valence-electron chi connectivity index (χ2n) is 10.3. The summed E-state index contributed by atoms with van der Waals surface area (Å²) >= 11 is 0. The maximum atomic E-state index is 13.6. The highest BCUT2D eigenvalue weighted by atomic mass is 32.2. The predicted molar refractivity (Wildman–Crippen MR) is 149 cm³/mol. The van der Waals surface area contributed by atoms with Crippen LogP contribution < -0.4 is 20.4 Å². The molecule has 1 aromatic carbocycles. The summed E-state index contributed by atoms with van der Waals surface area (Å²) in [6.45, 7) is 4.18. The number of nitrogens with one attached hydrogen (secondary N) is 1. The third kappa shape index (κ3) is 6.11. The Morgan fingerprint density at radius 2 is 1.82 bits per heavy atom. The second-order valence-corrected chi connectivity index (χ2v) is 11.8. The summed E-state index contributed by atoms with van der Waals surface area (Å²) in [6.07, 6.45) is 9.19. The van der Waals surface area contributed by atoms with Crippen molar-refractivity contribution in [2.75, 3.05) is 46.5 Å². The van der Waals surface area contributed by atoms with Crippen molar-refractivity contribution in [1.82, 2.24) is 9.97 Å². The van der Waals surface area contributed by atoms with Crippen molar-refractivity contribution in [3.8, 4) is 0 Å². The summed E-state index contributed by atoms with van der Waals surface area (Å²) in [7, 11) is -1.15. The number of nitrogens with two attached hydrogens (primary N) is 1. The number of rotatable bonds is 8. The molecule has 1 unspecified atom stereocenters. The van der Waals surface area contributed by atoms with Crippen LogP contribution in [0.2, 0.25) is 0 Å². The number of alkyl halides is 2. The lowest BCUT2D eigenvalue weighted by Gasteiger charge is -2.34. The van der Waals surface area contributed by atoms with Gasteiger partial charge in [0.05, 0.1) is 30.0 Å². The lowest BCUT2D eigenvalue weighted by molar-refractivity contribution is -0.0221. The summed E-state index contributed by atoms with van der Waals surface area (Å²) in [4.78, 5) is 17.7. The third-order valence-electron chi connectivity index (χ3n) is 7.76. The molecular formula is C26H34F2N8OS. The number of nitrogens with zero attached hydrogens (tertiary/aromatic N) is 6. The van der Waals surface area contributed by atoms with E-state index < -0.39 is 16.9 Å². The van der Waals surface area contributed by atoms with Gasteiger partial charge in [-0.05, 0) is 49.3 Å². The van der Waals surface area contributed by atoms with Crippen LogP contribution in [0.5, 0.6) is 0 Å². The van der Waals surface area contributed by atoms with Gasteiger partial charge in [-0.15, -0.1) is 0 Å². The van der Waals surface area contributed by atoms with Crippen LogP contribution in [0.1, 0.15) is 51.1 Å². The first kappa shape index (κ1) is 26.5. The molecule has 9 nitrogen and oxygen atoms in total. The van der Waals surface area contributed by atoms with E-state index in [9.17, 15) is 13.0 Å². The number of benzene rings is 1. The van der Waals surface area contributed by atoms with Crippen molar-refractivity contribution in [3.05, 3.63) is 36.3 Å². The van der Waals surface area contributed by atoms with E-state index >= 15 is 0 Å². The van der Waals surface area contributed by atoms with Crippen molar-refractivity contribution in [1.29, 1.82) is 0 Å². The van der Waals surface area contributed by atoms with E-state index in [1.54, 1.807) is 17.3 Å². The predicted octanol–water partition coefficient (Wildman–Crippen LogP) is 4.25. The van der Waals surface area contributed by atoms with E-state index in [0.29, 0.717) is 28.4 Å². The third-order valence-corrected chi connectivity index (χ3v) is 8.75. The van der Waals surface area contributed by atoms with Gasteiger partial charge in [0, 0.05) is 50.5 Å². The minimum Gasteiger partial charge on any atom is -0.370 e.